The average Bonchev–Trinajstić information content (AvgIpc) is 2.48. The summed E-state index contributed by atoms with van der Waals surface area (Å²) in [5.41, 5.74) is 0.348. The van der Waals surface area contributed by atoms with Crippen LogP contribution in [0.2, 0.25) is 0 Å². The maximum absolute atomic E-state index is 11.6. The van der Waals surface area contributed by atoms with E-state index in [0.29, 0.717) is 19.5 Å². The zero-order valence-electron chi connectivity index (χ0n) is 9.93. The molecule has 1 fully saturated rings. The molecule has 0 radical (unpaired) electrons. The Balaban J connectivity index is 2.50. The van der Waals surface area contributed by atoms with Crippen LogP contribution in [-0.4, -0.2) is 46.9 Å². The minimum absolute atomic E-state index is 0.358. The van der Waals surface area contributed by atoms with Crippen molar-refractivity contribution < 1.29 is 19.6 Å². The topological polar surface area (TPSA) is 70.0 Å². The molecule has 0 aromatic carbocycles. The van der Waals surface area contributed by atoms with Crippen molar-refractivity contribution in [3.05, 3.63) is 11.5 Å². The van der Waals surface area contributed by atoms with E-state index in [2.05, 4.69) is 0 Å². The van der Waals surface area contributed by atoms with Gasteiger partial charge in [-0.05, 0) is 27.2 Å². The fraction of sp³-hybridized carbons (Fsp3) is 0.700. The van der Waals surface area contributed by atoms with Gasteiger partial charge < -0.3 is 19.7 Å². The summed E-state index contributed by atoms with van der Waals surface area (Å²) in [6.07, 6.45) is 0.306. The summed E-state index contributed by atoms with van der Waals surface area (Å²) < 4.78 is 5.21. The number of nitrogens with zero attached hydrogens (tertiary/aromatic N) is 1. The molecule has 0 aliphatic carbocycles. The highest BCUT2D eigenvalue weighted by atomic mass is 16.6. The number of hydrogen-bond donors (Lipinski definition) is 2. The SMILES string of the molecule is CC(C)(C)OC(=O)N1CC/C(=C\B(O)O)C1. The molecule has 90 valence electrons. The summed E-state index contributed by atoms with van der Waals surface area (Å²) in [4.78, 5) is 13.2. The molecule has 0 spiro atoms. The Morgan fingerprint density at radius 2 is 2.12 bits per heavy atom. The van der Waals surface area contributed by atoms with Crippen molar-refractivity contribution in [3.8, 4) is 0 Å². The van der Waals surface area contributed by atoms with Gasteiger partial charge in [0.25, 0.3) is 0 Å². The Labute approximate surface area is 95.8 Å². The predicted molar refractivity (Wildman–Crippen MR) is 60.7 cm³/mol. The van der Waals surface area contributed by atoms with Gasteiger partial charge in [-0.25, -0.2) is 4.79 Å². The van der Waals surface area contributed by atoms with Crippen LogP contribution in [0.3, 0.4) is 0 Å². The number of hydrogen-bond acceptors (Lipinski definition) is 4. The van der Waals surface area contributed by atoms with Crippen molar-refractivity contribution >= 4 is 13.2 Å². The van der Waals surface area contributed by atoms with Crippen molar-refractivity contribution in [2.45, 2.75) is 32.8 Å². The Hall–Kier alpha value is -1.01. The van der Waals surface area contributed by atoms with Gasteiger partial charge in [0.05, 0.1) is 0 Å². The third kappa shape index (κ3) is 4.24. The molecule has 0 atom stereocenters. The van der Waals surface area contributed by atoms with E-state index in [0.717, 1.165) is 5.57 Å². The van der Waals surface area contributed by atoms with Gasteiger partial charge in [-0.1, -0.05) is 11.5 Å². The largest absolute Gasteiger partial charge is 0.480 e. The summed E-state index contributed by atoms with van der Waals surface area (Å²) >= 11 is 0. The molecule has 1 rings (SSSR count). The van der Waals surface area contributed by atoms with E-state index in [9.17, 15) is 4.79 Å². The van der Waals surface area contributed by atoms with E-state index in [-0.39, 0.29) is 6.09 Å². The van der Waals surface area contributed by atoms with Crippen LogP contribution >= 0.6 is 0 Å². The van der Waals surface area contributed by atoms with E-state index in [4.69, 9.17) is 14.8 Å². The first kappa shape index (κ1) is 13.1. The fourth-order valence-electron chi connectivity index (χ4n) is 1.51. The molecule has 5 nitrogen and oxygen atoms in total. The highest BCUT2D eigenvalue weighted by molar-refractivity contribution is 6.47. The fourth-order valence-corrected chi connectivity index (χ4v) is 1.51. The van der Waals surface area contributed by atoms with Gasteiger partial charge >= 0.3 is 13.2 Å². The van der Waals surface area contributed by atoms with Crippen LogP contribution in [0, 0.1) is 0 Å². The van der Waals surface area contributed by atoms with E-state index >= 15 is 0 Å². The van der Waals surface area contributed by atoms with Gasteiger partial charge in [0, 0.05) is 13.1 Å². The monoisotopic (exact) mass is 227 g/mol. The Morgan fingerprint density at radius 3 is 2.62 bits per heavy atom. The van der Waals surface area contributed by atoms with Crippen molar-refractivity contribution in [3.63, 3.8) is 0 Å². The standard InChI is InChI=1S/C10H18BNO4/c1-10(2,3)16-9(13)12-5-4-8(7-12)6-11(14)15/h6,14-15H,4-5,7H2,1-3H3/b8-6+. The molecule has 0 saturated carbocycles. The molecular weight excluding hydrogens is 209 g/mol. The molecule has 1 aliphatic rings. The molecule has 16 heavy (non-hydrogen) atoms. The third-order valence-electron chi connectivity index (χ3n) is 2.13. The molecule has 1 saturated heterocycles. The maximum atomic E-state index is 11.6. The Bertz CT molecular complexity index is 296. The van der Waals surface area contributed by atoms with Crippen LogP contribution in [0.25, 0.3) is 0 Å². The lowest BCUT2D eigenvalue weighted by atomic mass is 9.88. The molecule has 1 amide bonds. The normalized spacial score (nSPS) is 19.1. The van der Waals surface area contributed by atoms with Crippen molar-refractivity contribution in [2.24, 2.45) is 0 Å². The zero-order valence-corrected chi connectivity index (χ0v) is 9.93. The minimum Gasteiger partial charge on any atom is -0.444 e. The van der Waals surface area contributed by atoms with Crippen LogP contribution in [0.4, 0.5) is 4.79 Å². The number of likely N-dealkylation sites (tertiary alicyclic amines) is 1. The van der Waals surface area contributed by atoms with E-state index < -0.39 is 12.7 Å². The second-order valence-electron chi connectivity index (χ2n) is 4.89. The summed E-state index contributed by atoms with van der Waals surface area (Å²) in [6.45, 7) is 6.42. The highest BCUT2D eigenvalue weighted by Crippen LogP contribution is 2.18. The lowest BCUT2D eigenvalue weighted by molar-refractivity contribution is 0.0299. The quantitative estimate of drug-likeness (QED) is 0.642. The molecule has 0 unspecified atom stereocenters. The van der Waals surface area contributed by atoms with Crippen LogP contribution in [-0.2, 0) is 4.74 Å². The van der Waals surface area contributed by atoms with Crippen LogP contribution in [0.5, 0.6) is 0 Å². The van der Waals surface area contributed by atoms with Crippen LogP contribution < -0.4 is 0 Å². The van der Waals surface area contributed by atoms with Gasteiger partial charge in [-0.15, -0.1) is 0 Å². The number of rotatable bonds is 1. The van der Waals surface area contributed by atoms with E-state index in [1.54, 1.807) is 4.90 Å². The van der Waals surface area contributed by atoms with Crippen molar-refractivity contribution in [2.75, 3.05) is 13.1 Å². The molecule has 6 heteroatoms. The number of carbonyl (C=O) groups excluding carboxylic acids is 1. The number of amides is 1. The minimum atomic E-state index is -1.45. The molecule has 0 aromatic heterocycles. The van der Waals surface area contributed by atoms with Crippen molar-refractivity contribution in [1.29, 1.82) is 0 Å². The highest BCUT2D eigenvalue weighted by Gasteiger charge is 2.26. The molecular formula is C10H18BNO4. The summed E-state index contributed by atoms with van der Waals surface area (Å²) in [5.74, 6) is 1.35. The molecule has 0 bridgehead atoms. The summed E-state index contributed by atoms with van der Waals surface area (Å²) in [5, 5.41) is 17.5. The number of ether oxygens (including phenoxy) is 1. The van der Waals surface area contributed by atoms with Crippen LogP contribution in [0.1, 0.15) is 27.2 Å². The number of carbonyl (C=O) groups is 1. The third-order valence-corrected chi connectivity index (χ3v) is 2.13. The lowest BCUT2D eigenvalue weighted by Crippen LogP contribution is -2.34. The van der Waals surface area contributed by atoms with Crippen molar-refractivity contribution in [1.82, 2.24) is 4.90 Å². The van der Waals surface area contributed by atoms with Gasteiger partial charge in [0.15, 0.2) is 0 Å². The summed E-state index contributed by atoms with van der Waals surface area (Å²) in [6, 6.07) is 0. The molecule has 0 aromatic rings. The smallest absolute Gasteiger partial charge is 0.444 e. The zero-order chi connectivity index (χ0) is 12.3. The maximum Gasteiger partial charge on any atom is 0.480 e. The second kappa shape index (κ2) is 4.89. The lowest BCUT2D eigenvalue weighted by Gasteiger charge is -2.23. The molecule has 1 aliphatic heterocycles. The Kier molecular flexibility index (Phi) is 3.99. The second-order valence-corrected chi connectivity index (χ2v) is 4.89. The predicted octanol–water partition coefficient (Wildman–Crippen LogP) is 0.566. The van der Waals surface area contributed by atoms with Gasteiger partial charge in [-0.3, -0.25) is 0 Å². The first-order valence-electron chi connectivity index (χ1n) is 5.31. The average molecular weight is 227 g/mol. The van der Waals surface area contributed by atoms with Gasteiger partial charge in [0.2, 0.25) is 0 Å². The Morgan fingerprint density at radius 1 is 1.50 bits per heavy atom. The van der Waals surface area contributed by atoms with E-state index in [1.165, 1.54) is 5.98 Å². The van der Waals surface area contributed by atoms with Gasteiger partial charge in [0.1, 0.15) is 5.60 Å². The first-order valence-corrected chi connectivity index (χ1v) is 5.31. The summed E-state index contributed by atoms with van der Waals surface area (Å²) in [7, 11) is -1.45. The van der Waals surface area contributed by atoms with Gasteiger partial charge in [-0.2, -0.15) is 0 Å². The van der Waals surface area contributed by atoms with Crippen LogP contribution in [0.15, 0.2) is 11.5 Å². The first-order chi connectivity index (χ1) is 7.28. The van der Waals surface area contributed by atoms with E-state index in [1.807, 2.05) is 20.8 Å². The molecule has 1 heterocycles. The molecule has 2 N–H and O–H groups in total.